The molecule has 3 atom stereocenters. The zero-order valence-corrected chi connectivity index (χ0v) is 24.6. The normalized spacial score (nSPS) is 15.8. The predicted octanol–water partition coefficient (Wildman–Crippen LogP) is 3.73. The zero-order valence-electron chi connectivity index (χ0n) is 24.6. The van der Waals surface area contributed by atoms with Gasteiger partial charge in [-0.3, -0.25) is 19.2 Å². The fourth-order valence-electron chi connectivity index (χ4n) is 4.23. The second kappa shape index (κ2) is 18.0. The minimum Gasteiger partial charge on any atom is -0.481 e. The van der Waals surface area contributed by atoms with Crippen molar-refractivity contribution in [1.82, 2.24) is 0 Å². The Morgan fingerprint density at radius 1 is 0.795 bits per heavy atom. The van der Waals surface area contributed by atoms with Gasteiger partial charge in [-0.15, -0.1) is 0 Å². The van der Waals surface area contributed by atoms with Crippen LogP contribution in [0.4, 0.5) is 0 Å². The van der Waals surface area contributed by atoms with Crippen molar-refractivity contribution >= 4 is 23.9 Å². The highest BCUT2D eigenvalue weighted by Gasteiger charge is 2.47. The Labute approximate surface area is 232 Å². The maximum absolute atomic E-state index is 12.8. The first kappa shape index (κ1) is 36.5. The molecular weight excluding hydrogens is 512 g/mol. The third-order valence-corrected chi connectivity index (χ3v) is 6.78. The van der Waals surface area contributed by atoms with Crippen LogP contribution in [-0.2, 0) is 42.9 Å². The van der Waals surface area contributed by atoms with Crippen molar-refractivity contribution in [2.24, 2.45) is 22.2 Å². The highest BCUT2D eigenvalue weighted by atomic mass is 16.6. The monoisotopic (exact) mass is 560 g/mol. The van der Waals surface area contributed by atoms with Gasteiger partial charge in [0.1, 0.15) is 6.61 Å². The lowest BCUT2D eigenvalue weighted by atomic mass is 9.67. The van der Waals surface area contributed by atoms with E-state index in [-0.39, 0.29) is 38.9 Å². The number of esters is 2. The largest absolute Gasteiger partial charge is 0.481 e. The quantitative estimate of drug-likeness (QED) is 0.113. The number of methoxy groups -OCH3 is 1. The Bertz CT molecular complexity index is 807. The molecule has 0 aliphatic carbocycles. The van der Waals surface area contributed by atoms with Gasteiger partial charge >= 0.3 is 23.9 Å². The van der Waals surface area contributed by atoms with E-state index >= 15 is 0 Å². The Hall–Kier alpha value is -2.50. The molecule has 0 aliphatic heterocycles. The molecule has 0 aliphatic rings. The van der Waals surface area contributed by atoms with Crippen molar-refractivity contribution in [2.75, 3.05) is 53.4 Å². The summed E-state index contributed by atoms with van der Waals surface area (Å²) < 4.78 is 26.3. The van der Waals surface area contributed by atoms with Gasteiger partial charge in [0.15, 0.2) is 0 Å². The Kier molecular flexibility index (Phi) is 16.8. The SMILES string of the molecule is CC=CCOCCOCCOCCOC(=O)C(C)(C)CC(C)(CC(CC(C)(CC)C(=O)O)C(=O)OC)C(=O)O. The lowest BCUT2D eigenvalue weighted by molar-refractivity contribution is -0.163. The van der Waals surface area contributed by atoms with E-state index in [0.29, 0.717) is 33.0 Å². The molecule has 226 valence electrons. The van der Waals surface area contributed by atoms with Crippen molar-refractivity contribution in [1.29, 1.82) is 0 Å². The Morgan fingerprint density at radius 2 is 1.28 bits per heavy atom. The number of hydrogen-bond donors (Lipinski definition) is 2. The minimum absolute atomic E-state index is 0.0171. The topological polar surface area (TPSA) is 155 Å². The van der Waals surface area contributed by atoms with Crippen molar-refractivity contribution in [2.45, 2.75) is 67.2 Å². The van der Waals surface area contributed by atoms with Crippen LogP contribution < -0.4 is 0 Å². The maximum atomic E-state index is 12.8. The van der Waals surface area contributed by atoms with E-state index in [4.69, 9.17) is 23.7 Å². The average Bonchev–Trinajstić information content (AvgIpc) is 2.87. The number of carboxylic acids is 2. The smallest absolute Gasteiger partial charge is 0.311 e. The van der Waals surface area contributed by atoms with Crippen LogP contribution >= 0.6 is 0 Å². The van der Waals surface area contributed by atoms with Crippen LogP contribution in [0.2, 0.25) is 0 Å². The lowest BCUT2D eigenvalue weighted by Gasteiger charge is -2.36. The number of allylic oxidation sites excluding steroid dienone is 1. The fourth-order valence-corrected chi connectivity index (χ4v) is 4.23. The summed E-state index contributed by atoms with van der Waals surface area (Å²) in [5, 5.41) is 19.7. The molecule has 0 bridgehead atoms. The molecule has 0 spiro atoms. The van der Waals surface area contributed by atoms with Crippen LogP contribution in [0.15, 0.2) is 12.2 Å². The molecule has 0 heterocycles. The average molecular weight is 561 g/mol. The molecule has 0 aromatic carbocycles. The maximum Gasteiger partial charge on any atom is 0.311 e. The van der Waals surface area contributed by atoms with Gasteiger partial charge in [-0.25, -0.2) is 0 Å². The molecule has 11 nitrogen and oxygen atoms in total. The first-order valence-electron chi connectivity index (χ1n) is 13.2. The lowest BCUT2D eigenvalue weighted by Crippen LogP contribution is -2.42. The van der Waals surface area contributed by atoms with Gasteiger partial charge in [-0.1, -0.05) is 19.1 Å². The minimum atomic E-state index is -1.53. The summed E-state index contributed by atoms with van der Waals surface area (Å²) in [5.41, 5.74) is -3.97. The van der Waals surface area contributed by atoms with E-state index in [2.05, 4.69) is 0 Å². The van der Waals surface area contributed by atoms with Gasteiger partial charge in [0.2, 0.25) is 0 Å². The van der Waals surface area contributed by atoms with Gasteiger partial charge < -0.3 is 33.9 Å². The molecule has 11 heteroatoms. The third-order valence-electron chi connectivity index (χ3n) is 6.78. The van der Waals surface area contributed by atoms with E-state index in [1.54, 1.807) is 20.8 Å². The summed E-state index contributed by atoms with van der Waals surface area (Å²) in [7, 11) is 1.17. The van der Waals surface area contributed by atoms with Crippen molar-refractivity contribution in [3.63, 3.8) is 0 Å². The molecule has 2 N–H and O–H groups in total. The number of aliphatic carboxylic acids is 2. The summed E-state index contributed by atoms with van der Waals surface area (Å²) in [4.78, 5) is 49.5. The number of ether oxygens (including phenoxy) is 5. The highest BCUT2D eigenvalue weighted by Crippen LogP contribution is 2.43. The van der Waals surface area contributed by atoms with Crippen molar-refractivity contribution < 1.29 is 53.1 Å². The highest BCUT2D eigenvalue weighted by molar-refractivity contribution is 5.81. The van der Waals surface area contributed by atoms with Crippen LogP contribution in [-0.4, -0.2) is 87.4 Å². The number of rotatable bonds is 22. The summed E-state index contributed by atoms with van der Waals surface area (Å²) in [6, 6.07) is 0. The molecule has 0 fully saturated rings. The third kappa shape index (κ3) is 13.4. The van der Waals surface area contributed by atoms with Gasteiger partial charge in [-0.2, -0.15) is 0 Å². The van der Waals surface area contributed by atoms with Crippen molar-refractivity contribution in [3.05, 3.63) is 12.2 Å². The van der Waals surface area contributed by atoms with Gasteiger partial charge in [0.05, 0.1) is 68.9 Å². The summed E-state index contributed by atoms with van der Waals surface area (Å²) in [6.07, 6.45) is 3.62. The molecule has 0 saturated carbocycles. The van der Waals surface area contributed by atoms with E-state index in [0.717, 1.165) is 0 Å². The van der Waals surface area contributed by atoms with Gasteiger partial charge in [0, 0.05) is 0 Å². The predicted molar refractivity (Wildman–Crippen MR) is 143 cm³/mol. The fraction of sp³-hybridized carbons (Fsp3) is 0.786. The first-order valence-corrected chi connectivity index (χ1v) is 13.2. The van der Waals surface area contributed by atoms with Crippen LogP contribution in [0.3, 0.4) is 0 Å². The molecular formula is C28H48O11. The number of carboxylic acid groups (broad SMARTS) is 2. The van der Waals surface area contributed by atoms with Gasteiger partial charge in [-0.05, 0) is 60.3 Å². The summed E-state index contributed by atoms with van der Waals surface area (Å²) in [5.74, 6) is -4.57. The molecule has 0 radical (unpaired) electrons. The van der Waals surface area contributed by atoms with E-state index in [1.165, 1.54) is 21.0 Å². The molecule has 3 unspecified atom stereocenters. The van der Waals surface area contributed by atoms with Crippen LogP contribution in [0.25, 0.3) is 0 Å². The Morgan fingerprint density at radius 3 is 1.74 bits per heavy atom. The second-order valence-electron chi connectivity index (χ2n) is 10.8. The van der Waals surface area contributed by atoms with E-state index in [9.17, 15) is 29.4 Å². The Balaban J connectivity index is 4.94. The van der Waals surface area contributed by atoms with E-state index < -0.39 is 46.0 Å². The molecule has 0 amide bonds. The van der Waals surface area contributed by atoms with E-state index in [1.807, 2.05) is 19.1 Å². The second-order valence-corrected chi connectivity index (χ2v) is 10.8. The first-order chi connectivity index (χ1) is 18.2. The van der Waals surface area contributed by atoms with Crippen LogP contribution in [0, 0.1) is 22.2 Å². The summed E-state index contributed by atoms with van der Waals surface area (Å²) >= 11 is 0. The summed E-state index contributed by atoms with van der Waals surface area (Å²) in [6.45, 7) is 12.0. The molecule has 0 saturated heterocycles. The molecule has 0 rings (SSSR count). The van der Waals surface area contributed by atoms with Gasteiger partial charge in [0.25, 0.3) is 0 Å². The van der Waals surface area contributed by atoms with Crippen LogP contribution in [0.5, 0.6) is 0 Å². The number of hydrogen-bond acceptors (Lipinski definition) is 9. The molecule has 39 heavy (non-hydrogen) atoms. The standard InChI is InChI=1S/C28H48O11/c1-8-10-11-36-12-13-37-14-15-38-16-17-39-25(34)26(3,4)20-28(6,24(32)33)19-21(22(29)35-7)18-27(5,9-2)23(30)31/h8,10,21H,9,11-20H2,1-7H3,(H,30,31)(H,32,33). The number of carbonyl (C=O) groups is 4. The number of carbonyl (C=O) groups excluding carboxylic acids is 2. The van der Waals surface area contributed by atoms with Crippen LogP contribution in [0.1, 0.15) is 67.2 Å². The molecule has 0 aromatic rings. The van der Waals surface area contributed by atoms with Crippen molar-refractivity contribution in [3.8, 4) is 0 Å². The zero-order chi connectivity index (χ0) is 30.1. The molecule has 0 aromatic heterocycles.